The monoisotopic (exact) mass is 322 g/mol. The number of aliphatic hydroxyl groups excluding tert-OH is 1. The van der Waals surface area contributed by atoms with Crippen molar-refractivity contribution in [1.29, 1.82) is 0 Å². The third-order valence-corrected chi connectivity index (χ3v) is 4.80. The van der Waals surface area contributed by atoms with Gasteiger partial charge in [0.05, 0.1) is 17.1 Å². The third-order valence-electron chi connectivity index (χ3n) is 4.80. The van der Waals surface area contributed by atoms with Gasteiger partial charge in [-0.15, -0.1) is 0 Å². The largest absolute Gasteiger partial charge is 0.396 e. The van der Waals surface area contributed by atoms with Gasteiger partial charge in [-0.3, -0.25) is 14.9 Å². The van der Waals surface area contributed by atoms with E-state index in [4.69, 9.17) is 0 Å². The lowest BCUT2D eigenvalue weighted by Gasteiger charge is -2.29. The number of carbonyl (C=O) groups excluding carboxylic acids is 1. The lowest BCUT2D eigenvalue weighted by Crippen LogP contribution is -2.39. The van der Waals surface area contributed by atoms with E-state index in [1.54, 1.807) is 26.8 Å². The number of rotatable bonds is 7. The number of nitrogens with one attached hydrogen (secondary N) is 1. The second kappa shape index (κ2) is 7.55. The fraction of sp³-hybridized carbons (Fsp3) is 0.588. The highest BCUT2D eigenvalue weighted by Gasteiger charge is 2.28. The Kier molecular flexibility index (Phi) is 6.27. The first-order chi connectivity index (χ1) is 10.7. The molecule has 0 saturated heterocycles. The van der Waals surface area contributed by atoms with Gasteiger partial charge in [-0.25, -0.2) is 0 Å². The van der Waals surface area contributed by atoms with Crippen LogP contribution in [0.25, 0.3) is 0 Å². The van der Waals surface area contributed by atoms with Crippen LogP contribution in [-0.4, -0.2) is 29.1 Å². The van der Waals surface area contributed by atoms with Crippen LogP contribution < -0.4 is 5.32 Å². The molecule has 0 saturated carbocycles. The summed E-state index contributed by atoms with van der Waals surface area (Å²) >= 11 is 0. The minimum absolute atomic E-state index is 0.00765. The van der Waals surface area contributed by atoms with Crippen molar-refractivity contribution in [3.8, 4) is 0 Å². The molecular formula is C17H26N2O4. The van der Waals surface area contributed by atoms with Gasteiger partial charge < -0.3 is 10.4 Å². The van der Waals surface area contributed by atoms with Crippen molar-refractivity contribution in [2.24, 2.45) is 5.41 Å². The van der Waals surface area contributed by atoms with Crippen molar-refractivity contribution in [1.82, 2.24) is 5.32 Å². The van der Waals surface area contributed by atoms with E-state index < -0.39 is 4.92 Å². The van der Waals surface area contributed by atoms with Crippen LogP contribution in [0.5, 0.6) is 0 Å². The molecule has 2 N–H and O–H groups in total. The summed E-state index contributed by atoms with van der Waals surface area (Å²) in [4.78, 5) is 23.3. The highest BCUT2D eigenvalue weighted by atomic mass is 16.6. The normalized spacial score (nSPS) is 11.4. The Balaban J connectivity index is 3.14. The second-order valence-electron chi connectivity index (χ2n) is 6.16. The fourth-order valence-electron chi connectivity index (χ4n) is 2.94. The molecule has 1 aromatic rings. The maximum absolute atomic E-state index is 12.6. The molecule has 1 amide bonds. The molecule has 0 heterocycles. The fourth-order valence-corrected chi connectivity index (χ4v) is 2.94. The van der Waals surface area contributed by atoms with Crippen molar-refractivity contribution in [3.63, 3.8) is 0 Å². The summed E-state index contributed by atoms with van der Waals surface area (Å²) in [6.45, 7) is 9.33. The first-order valence-corrected chi connectivity index (χ1v) is 7.87. The van der Waals surface area contributed by atoms with Gasteiger partial charge in [-0.2, -0.15) is 0 Å². The van der Waals surface area contributed by atoms with Crippen LogP contribution in [-0.2, 0) is 0 Å². The van der Waals surface area contributed by atoms with Crippen LogP contribution in [0, 0.1) is 36.3 Å². The van der Waals surface area contributed by atoms with Gasteiger partial charge in [0.25, 0.3) is 11.6 Å². The Labute approximate surface area is 137 Å². The molecule has 1 rings (SSSR count). The van der Waals surface area contributed by atoms with Crippen LogP contribution in [0.3, 0.4) is 0 Å². The Bertz CT molecular complexity index is 599. The predicted molar refractivity (Wildman–Crippen MR) is 89.7 cm³/mol. The molecule has 0 radical (unpaired) electrons. The number of hydrogen-bond acceptors (Lipinski definition) is 4. The van der Waals surface area contributed by atoms with E-state index >= 15 is 0 Å². The molecule has 23 heavy (non-hydrogen) atoms. The van der Waals surface area contributed by atoms with Crippen molar-refractivity contribution >= 4 is 11.6 Å². The molecule has 6 heteroatoms. The van der Waals surface area contributed by atoms with Gasteiger partial charge in [0, 0.05) is 23.1 Å². The number of benzene rings is 1. The Hall–Kier alpha value is -1.95. The molecule has 0 aliphatic heterocycles. The molecule has 0 fully saturated rings. The first-order valence-electron chi connectivity index (χ1n) is 7.87. The Morgan fingerprint density at radius 2 is 1.83 bits per heavy atom. The van der Waals surface area contributed by atoms with Crippen molar-refractivity contribution in [2.45, 2.75) is 47.5 Å². The van der Waals surface area contributed by atoms with Crippen LogP contribution in [0.1, 0.15) is 53.7 Å². The van der Waals surface area contributed by atoms with Crippen LogP contribution in [0.4, 0.5) is 5.69 Å². The van der Waals surface area contributed by atoms with Crippen molar-refractivity contribution in [2.75, 3.05) is 13.2 Å². The van der Waals surface area contributed by atoms with E-state index in [9.17, 15) is 20.0 Å². The van der Waals surface area contributed by atoms with Crippen LogP contribution in [0.2, 0.25) is 0 Å². The summed E-state index contributed by atoms with van der Waals surface area (Å²) in [5.41, 5.74) is 1.63. The van der Waals surface area contributed by atoms with Gasteiger partial charge in [0.1, 0.15) is 0 Å². The Morgan fingerprint density at radius 1 is 1.26 bits per heavy atom. The van der Waals surface area contributed by atoms with Crippen LogP contribution in [0.15, 0.2) is 6.07 Å². The first kappa shape index (κ1) is 19.1. The number of aryl methyl sites for hydroxylation is 2. The van der Waals surface area contributed by atoms with Crippen LogP contribution >= 0.6 is 0 Å². The zero-order chi connectivity index (χ0) is 17.8. The predicted octanol–water partition coefficient (Wildman–Crippen LogP) is 3.05. The molecule has 0 bridgehead atoms. The maximum atomic E-state index is 12.6. The molecule has 0 spiro atoms. The molecule has 128 valence electrons. The van der Waals surface area contributed by atoms with Gasteiger partial charge in [-0.1, -0.05) is 13.8 Å². The highest BCUT2D eigenvalue weighted by Crippen LogP contribution is 2.29. The van der Waals surface area contributed by atoms with Gasteiger partial charge >= 0.3 is 0 Å². The van der Waals surface area contributed by atoms with E-state index in [2.05, 4.69) is 5.32 Å². The Morgan fingerprint density at radius 3 is 2.26 bits per heavy atom. The quantitative estimate of drug-likeness (QED) is 0.596. The smallest absolute Gasteiger partial charge is 0.275 e. The molecular weight excluding hydrogens is 296 g/mol. The molecule has 0 aliphatic carbocycles. The lowest BCUT2D eigenvalue weighted by atomic mass is 9.83. The van der Waals surface area contributed by atoms with Gasteiger partial charge in [0.15, 0.2) is 0 Å². The van der Waals surface area contributed by atoms with Crippen molar-refractivity contribution in [3.05, 3.63) is 38.4 Å². The average Bonchev–Trinajstić information content (AvgIpc) is 2.48. The number of nitrogens with zero attached hydrogens (tertiary/aromatic N) is 1. The van der Waals surface area contributed by atoms with Gasteiger partial charge in [0.2, 0.25) is 0 Å². The summed E-state index contributed by atoms with van der Waals surface area (Å²) in [5.74, 6) is -0.331. The van der Waals surface area contributed by atoms with Crippen molar-refractivity contribution < 1.29 is 14.8 Å². The summed E-state index contributed by atoms with van der Waals surface area (Å²) < 4.78 is 0. The average molecular weight is 322 g/mol. The molecule has 0 atom stereocenters. The number of amides is 1. The molecule has 6 nitrogen and oxygen atoms in total. The molecule has 0 aliphatic rings. The number of nitro benzene ring substituents is 1. The zero-order valence-electron chi connectivity index (χ0n) is 14.5. The van der Waals surface area contributed by atoms with E-state index in [0.717, 1.165) is 12.8 Å². The lowest BCUT2D eigenvalue weighted by molar-refractivity contribution is -0.386. The molecule has 1 aromatic carbocycles. The summed E-state index contributed by atoms with van der Waals surface area (Å²) in [6.07, 6.45) is 1.48. The standard InChI is InChI=1S/C17H26N2O4/c1-6-17(7-2,10-20)9-18-16(21)14-11(3)8-12(4)15(13(14)5)19(22)23/h8,20H,6-7,9-10H2,1-5H3,(H,18,21). The van der Waals surface area contributed by atoms with E-state index in [1.165, 1.54) is 0 Å². The zero-order valence-corrected chi connectivity index (χ0v) is 14.5. The minimum atomic E-state index is -0.447. The number of aliphatic hydroxyl groups is 1. The number of nitro groups is 1. The minimum Gasteiger partial charge on any atom is -0.396 e. The van der Waals surface area contributed by atoms with E-state index in [-0.39, 0.29) is 23.6 Å². The third kappa shape index (κ3) is 3.88. The summed E-state index contributed by atoms with van der Waals surface area (Å²) in [7, 11) is 0. The number of hydrogen-bond donors (Lipinski definition) is 2. The summed E-state index contributed by atoms with van der Waals surface area (Å²) in [5, 5.41) is 23.6. The maximum Gasteiger partial charge on any atom is 0.275 e. The second-order valence-corrected chi connectivity index (χ2v) is 6.16. The SMILES string of the molecule is CCC(CC)(CO)CNC(=O)c1c(C)cc(C)c([N+](=O)[O-])c1C. The molecule has 0 unspecified atom stereocenters. The topological polar surface area (TPSA) is 92.5 Å². The summed E-state index contributed by atoms with van der Waals surface area (Å²) in [6, 6.07) is 1.67. The highest BCUT2D eigenvalue weighted by molar-refractivity contribution is 5.98. The number of carbonyl (C=O) groups is 1. The van der Waals surface area contributed by atoms with E-state index in [1.807, 2.05) is 13.8 Å². The van der Waals surface area contributed by atoms with E-state index in [0.29, 0.717) is 28.8 Å². The van der Waals surface area contributed by atoms with Gasteiger partial charge in [-0.05, 0) is 45.2 Å². The molecule has 0 aromatic heterocycles.